The molecule has 31 heavy (non-hydrogen) atoms. The minimum Gasteiger partial charge on any atom is -0.497 e. The van der Waals surface area contributed by atoms with E-state index in [0.29, 0.717) is 0 Å². The van der Waals surface area contributed by atoms with E-state index in [2.05, 4.69) is 72.8 Å². The first-order valence-corrected chi connectivity index (χ1v) is 11.7. The Hall–Kier alpha value is -2.00. The molecular formula is C26H23O2S2Sb+4. The predicted molar refractivity (Wildman–Crippen MR) is 131 cm³/mol. The molecule has 0 aromatic heterocycles. The maximum atomic E-state index is 5.35. The second-order valence-electron chi connectivity index (χ2n) is 6.54. The van der Waals surface area contributed by atoms with Crippen molar-refractivity contribution < 1.29 is 9.47 Å². The molecule has 0 atom stereocenters. The first-order valence-electron chi connectivity index (χ1n) is 9.62. The van der Waals surface area contributed by atoms with E-state index in [0.717, 1.165) is 11.5 Å². The zero-order valence-corrected chi connectivity index (χ0v) is 21.6. The van der Waals surface area contributed by atoms with Crippen LogP contribution in [0, 0.1) is 0 Å². The molecule has 0 spiro atoms. The van der Waals surface area contributed by atoms with Crippen LogP contribution < -0.4 is 9.47 Å². The van der Waals surface area contributed by atoms with Crippen LogP contribution in [0.25, 0.3) is 0 Å². The molecule has 0 amide bonds. The van der Waals surface area contributed by atoms with Crippen molar-refractivity contribution in [1.29, 1.82) is 0 Å². The summed E-state index contributed by atoms with van der Waals surface area (Å²) < 4.78 is 10.7. The summed E-state index contributed by atoms with van der Waals surface area (Å²) in [6.07, 6.45) is 0. The Morgan fingerprint density at radius 1 is 0.516 bits per heavy atom. The molecular weight excluding hydrogens is 530 g/mol. The van der Waals surface area contributed by atoms with Crippen LogP contribution in [0.1, 0.15) is 0 Å². The fraction of sp³-hybridized carbons (Fsp3) is 0.0769. The molecule has 152 valence electrons. The molecule has 2 nitrogen and oxygen atoms in total. The second-order valence-corrected chi connectivity index (χ2v) is 9.72. The molecule has 0 heterocycles. The van der Waals surface area contributed by atoms with E-state index < -0.39 is 0 Å². The second kappa shape index (κ2) is 11.6. The molecule has 0 aliphatic heterocycles. The van der Waals surface area contributed by atoms with Crippen molar-refractivity contribution in [1.82, 2.24) is 0 Å². The van der Waals surface area contributed by atoms with Crippen LogP contribution in [0.4, 0.5) is 0 Å². The van der Waals surface area contributed by atoms with Crippen LogP contribution in [0.5, 0.6) is 11.5 Å². The summed E-state index contributed by atoms with van der Waals surface area (Å²) in [6.45, 7) is 0. The smallest absolute Gasteiger partial charge is 0.497 e. The van der Waals surface area contributed by atoms with Gasteiger partial charge in [0.05, 0.1) is 25.1 Å². The standard InChI is InChI=1S/C26H23O2S2.Sb/c1-27-20-8-14-24(15-9-20)30(25-16-10-21(28-2)11-17-25)26-18-12-23(13-19-26)29-22-6-4-3-5-7-22;/h3-19H,1-2H3;/q+1;+3. The Balaban J connectivity index is 0.00000272. The van der Waals surface area contributed by atoms with Crippen LogP contribution in [0.2, 0.25) is 0 Å². The van der Waals surface area contributed by atoms with Gasteiger partial charge in [0, 0.05) is 9.79 Å². The van der Waals surface area contributed by atoms with E-state index in [4.69, 9.17) is 9.47 Å². The third kappa shape index (κ3) is 6.03. The molecule has 4 aromatic rings. The van der Waals surface area contributed by atoms with Gasteiger partial charge in [-0.05, 0) is 84.9 Å². The number of rotatable bonds is 7. The first-order chi connectivity index (χ1) is 14.8. The van der Waals surface area contributed by atoms with Crippen molar-refractivity contribution in [3.05, 3.63) is 103 Å². The molecule has 0 unspecified atom stereocenters. The van der Waals surface area contributed by atoms with Crippen molar-refractivity contribution in [2.75, 3.05) is 14.2 Å². The number of hydrogen-bond acceptors (Lipinski definition) is 3. The Bertz CT molecular complexity index is 1020. The van der Waals surface area contributed by atoms with Crippen molar-refractivity contribution in [3.8, 4) is 11.5 Å². The van der Waals surface area contributed by atoms with Gasteiger partial charge in [0.2, 0.25) is 0 Å². The van der Waals surface area contributed by atoms with Gasteiger partial charge < -0.3 is 9.47 Å². The fourth-order valence-corrected chi connectivity index (χ4v) is 5.98. The van der Waals surface area contributed by atoms with E-state index in [1.807, 2.05) is 30.3 Å². The molecule has 0 N–H and O–H groups in total. The van der Waals surface area contributed by atoms with Gasteiger partial charge in [0.15, 0.2) is 14.7 Å². The normalized spacial score (nSPS) is 10.4. The monoisotopic (exact) mass is 552 g/mol. The summed E-state index contributed by atoms with van der Waals surface area (Å²) >= 11 is 1.78. The molecule has 0 bridgehead atoms. The Labute approximate surface area is 208 Å². The van der Waals surface area contributed by atoms with Crippen molar-refractivity contribution >= 4 is 47.1 Å². The molecule has 0 saturated heterocycles. The summed E-state index contributed by atoms with van der Waals surface area (Å²) in [5.41, 5.74) is 0. The summed E-state index contributed by atoms with van der Waals surface area (Å²) in [5.74, 6) is 1.73. The number of hydrogen-bond donors (Lipinski definition) is 0. The minimum absolute atomic E-state index is 0. The van der Waals surface area contributed by atoms with Gasteiger partial charge in [-0.3, -0.25) is 0 Å². The molecule has 0 aliphatic rings. The van der Waals surface area contributed by atoms with Gasteiger partial charge in [-0.2, -0.15) is 0 Å². The minimum atomic E-state index is -0.210. The van der Waals surface area contributed by atoms with E-state index in [1.165, 1.54) is 24.5 Å². The fourth-order valence-electron chi connectivity index (χ4n) is 3.10. The van der Waals surface area contributed by atoms with E-state index in [1.54, 1.807) is 26.0 Å². The molecule has 0 aliphatic carbocycles. The Morgan fingerprint density at radius 2 is 0.903 bits per heavy atom. The van der Waals surface area contributed by atoms with Crippen LogP contribution in [0.15, 0.2) is 128 Å². The third-order valence-electron chi connectivity index (χ3n) is 4.63. The van der Waals surface area contributed by atoms with Crippen molar-refractivity contribution in [2.45, 2.75) is 24.5 Å². The number of methoxy groups -OCH3 is 2. The molecule has 4 rings (SSSR count). The molecule has 5 heteroatoms. The van der Waals surface area contributed by atoms with Crippen LogP contribution in [-0.2, 0) is 10.9 Å². The summed E-state index contributed by atoms with van der Waals surface area (Å²) in [4.78, 5) is 6.27. The Kier molecular flexibility index (Phi) is 8.83. The number of ether oxygens (including phenoxy) is 2. The summed E-state index contributed by atoms with van der Waals surface area (Å²) in [6, 6.07) is 36.1. The molecule has 2 radical (unpaired) electrons. The average Bonchev–Trinajstić information content (AvgIpc) is 2.82. The van der Waals surface area contributed by atoms with Crippen LogP contribution >= 0.6 is 11.8 Å². The average molecular weight is 553 g/mol. The zero-order valence-electron chi connectivity index (χ0n) is 17.4. The topological polar surface area (TPSA) is 18.5 Å². The molecule has 0 fully saturated rings. The largest absolute Gasteiger partial charge is 3.00 e. The van der Waals surface area contributed by atoms with Gasteiger partial charge in [-0.25, -0.2) is 0 Å². The summed E-state index contributed by atoms with van der Waals surface area (Å²) in [5, 5.41) is 0. The van der Waals surface area contributed by atoms with Gasteiger partial charge in [-0.15, -0.1) is 0 Å². The third-order valence-corrected chi connectivity index (χ3v) is 7.88. The van der Waals surface area contributed by atoms with E-state index >= 15 is 0 Å². The SMILES string of the molecule is COc1ccc([S+](c2ccc(OC)cc2)c2ccc(Sc3ccccc3)cc2)cc1.[Sb+3]. The van der Waals surface area contributed by atoms with E-state index in [-0.39, 0.29) is 35.3 Å². The summed E-state index contributed by atoms with van der Waals surface area (Å²) in [7, 11) is 3.18. The molecule has 0 saturated carbocycles. The van der Waals surface area contributed by atoms with Crippen LogP contribution in [-0.4, -0.2) is 38.6 Å². The zero-order chi connectivity index (χ0) is 20.8. The van der Waals surface area contributed by atoms with Crippen molar-refractivity contribution in [3.63, 3.8) is 0 Å². The molecule has 4 aromatic carbocycles. The first kappa shape index (κ1) is 23.7. The van der Waals surface area contributed by atoms with Gasteiger partial charge in [-0.1, -0.05) is 30.0 Å². The van der Waals surface area contributed by atoms with Gasteiger partial charge in [0.1, 0.15) is 11.5 Å². The van der Waals surface area contributed by atoms with E-state index in [9.17, 15) is 0 Å². The maximum Gasteiger partial charge on any atom is 3.00 e. The Morgan fingerprint density at radius 3 is 1.32 bits per heavy atom. The van der Waals surface area contributed by atoms with Gasteiger partial charge in [0.25, 0.3) is 0 Å². The van der Waals surface area contributed by atoms with Crippen molar-refractivity contribution in [2.24, 2.45) is 0 Å². The van der Waals surface area contributed by atoms with Gasteiger partial charge >= 0.3 is 24.4 Å². The predicted octanol–water partition coefficient (Wildman–Crippen LogP) is 6.57. The number of benzene rings is 4. The quantitative estimate of drug-likeness (QED) is 0.191. The van der Waals surface area contributed by atoms with Crippen LogP contribution in [0.3, 0.4) is 0 Å². The maximum absolute atomic E-state index is 5.35.